The summed E-state index contributed by atoms with van der Waals surface area (Å²) < 4.78 is 1.80. The number of carbonyl (C=O) groups is 1. The Balaban J connectivity index is 2.07. The number of nitrogens with two attached hydrogens (primary N) is 1. The highest BCUT2D eigenvalue weighted by Gasteiger charge is 2.28. The summed E-state index contributed by atoms with van der Waals surface area (Å²) >= 11 is 0. The van der Waals surface area contributed by atoms with Crippen LogP contribution in [-0.4, -0.2) is 57.7 Å². The van der Waals surface area contributed by atoms with E-state index in [2.05, 4.69) is 10.00 Å². The van der Waals surface area contributed by atoms with Crippen LogP contribution in [0.4, 0.5) is 0 Å². The molecule has 0 radical (unpaired) electrons. The predicted octanol–water partition coefficient (Wildman–Crippen LogP) is -0.0275. The first-order valence-electron chi connectivity index (χ1n) is 6.72. The minimum atomic E-state index is 0.0353. The van der Waals surface area contributed by atoms with E-state index in [0.717, 1.165) is 31.7 Å². The quantitative estimate of drug-likeness (QED) is 0.833. The minimum Gasteiger partial charge on any atom is -0.340 e. The van der Waals surface area contributed by atoms with E-state index in [-0.39, 0.29) is 18.0 Å². The molecule has 6 nitrogen and oxygen atoms in total. The zero-order valence-corrected chi connectivity index (χ0v) is 11.9. The van der Waals surface area contributed by atoms with Crippen molar-refractivity contribution < 1.29 is 4.79 Å². The van der Waals surface area contributed by atoms with Crippen molar-refractivity contribution in [3.8, 4) is 0 Å². The van der Waals surface area contributed by atoms with Crippen LogP contribution < -0.4 is 5.73 Å². The zero-order chi connectivity index (χ0) is 14.0. The molecular weight excluding hydrogens is 242 g/mol. The third-order valence-electron chi connectivity index (χ3n) is 3.72. The van der Waals surface area contributed by atoms with Gasteiger partial charge in [0.15, 0.2) is 0 Å². The van der Waals surface area contributed by atoms with Crippen LogP contribution in [0, 0.1) is 0 Å². The fraction of sp³-hybridized carbons (Fsp3) is 0.692. The number of hydrogen-bond donors (Lipinski definition) is 1. The highest BCUT2D eigenvalue weighted by molar-refractivity contribution is 5.73. The molecule has 1 aliphatic rings. The molecule has 2 N–H and O–H groups in total. The Kier molecular flexibility index (Phi) is 4.21. The average Bonchev–Trinajstić information content (AvgIpc) is 2.76. The smallest absolute Gasteiger partial charge is 0.219 e. The molecule has 6 heteroatoms. The Morgan fingerprint density at radius 2 is 2.00 bits per heavy atom. The Morgan fingerprint density at radius 3 is 2.42 bits per heavy atom. The molecule has 0 aromatic carbocycles. The van der Waals surface area contributed by atoms with Gasteiger partial charge in [0.2, 0.25) is 5.91 Å². The van der Waals surface area contributed by atoms with Gasteiger partial charge in [0.25, 0.3) is 0 Å². The highest BCUT2D eigenvalue weighted by atomic mass is 16.2. The second-order valence-corrected chi connectivity index (χ2v) is 5.29. The van der Waals surface area contributed by atoms with E-state index in [1.807, 2.05) is 31.3 Å². The first-order chi connectivity index (χ1) is 8.99. The van der Waals surface area contributed by atoms with Crippen LogP contribution in [0.1, 0.15) is 25.5 Å². The molecule has 106 valence electrons. The molecule has 0 saturated carbocycles. The van der Waals surface area contributed by atoms with Crippen molar-refractivity contribution in [1.82, 2.24) is 19.6 Å². The molecule has 1 aromatic heterocycles. The molecule has 1 aliphatic heterocycles. The lowest BCUT2D eigenvalue weighted by Gasteiger charge is -2.40. The van der Waals surface area contributed by atoms with Gasteiger partial charge in [0.1, 0.15) is 0 Å². The summed E-state index contributed by atoms with van der Waals surface area (Å²) in [6.45, 7) is 6.92. The first kappa shape index (κ1) is 14.0. The Bertz CT molecular complexity index is 434. The maximum Gasteiger partial charge on any atom is 0.219 e. The highest BCUT2D eigenvalue weighted by Crippen LogP contribution is 2.24. The summed E-state index contributed by atoms with van der Waals surface area (Å²) in [4.78, 5) is 15.6. The van der Waals surface area contributed by atoms with Gasteiger partial charge in [-0.1, -0.05) is 0 Å². The van der Waals surface area contributed by atoms with Crippen LogP contribution in [0.15, 0.2) is 12.4 Å². The molecule has 0 bridgehead atoms. The fourth-order valence-corrected chi connectivity index (χ4v) is 2.75. The molecule has 19 heavy (non-hydrogen) atoms. The van der Waals surface area contributed by atoms with Crippen molar-refractivity contribution in [2.75, 3.05) is 26.2 Å². The molecule has 2 unspecified atom stereocenters. The van der Waals surface area contributed by atoms with Gasteiger partial charge in [0, 0.05) is 58.0 Å². The van der Waals surface area contributed by atoms with Crippen molar-refractivity contribution in [1.29, 1.82) is 0 Å². The minimum absolute atomic E-state index is 0.0353. The molecule has 1 amide bonds. The number of carbonyl (C=O) groups excluding carboxylic acids is 1. The monoisotopic (exact) mass is 265 g/mol. The van der Waals surface area contributed by atoms with Gasteiger partial charge in [-0.25, -0.2) is 0 Å². The number of aromatic nitrogens is 2. The van der Waals surface area contributed by atoms with Crippen LogP contribution in [0.3, 0.4) is 0 Å². The fourth-order valence-electron chi connectivity index (χ4n) is 2.75. The van der Waals surface area contributed by atoms with E-state index < -0.39 is 0 Å². The second-order valence-electron chi connectivity index (χ2n) is 5.29. The lowest BCUT2D eigenvalue weighted by atomic mass is 10.0. The first-order valence-corrected chi connectivity index (χ1v) is 6.72. The van der Waals surface area contributed by atoms with Gasteiger partial charge in [-0.2, -0.15) is 5.10 Å². The number of amides is 1. The molecule has 1 saturated heterocycles. The Hall–Kier alpha value is -1.40. The van der Waals surface area contributed by atoms with Gasteiger partial charge in [-0.3, -0.25) is 14.4 Å². The standard InChI is InChI=1S/C13H23N5O/c1-10(14)13(12-8-15-16(3)9-12)18-6-4-17(5-7-18)11(2)19/h8-10,13H,4-7,14H2,1-3H3. The van der Waals surface area contributed by atoms with Crippen molar-refractivity contribution in [3.63, 3.8) is 0 Å². The van der Waals surface area contributed by atoms with Crippen LogP contribution in [0.2, 0.25) is 0 Å². The van der Waals surface area contributed by atoms with E-state index in [4.69, 9.17) is 5.73 Å². The molecule has 2 atom stereocenters. The predicted molar refractivity (Wildman–Crippen MR) is 73.4 cm³/mol. The second kappa shape index (κ2) is 5.71. The maximum atomic E-state index is 11.4. The molecule has 2 heterocycles. The molecule has 1 fully saturated rings. The largest absolute Gasteiger partial charge is 0.340 e. The zero-order valence-electron chi connectivity index (χ0n) is 11.9. The third-order valence-corrected chi connectivity index (χ3v) is 3.72. The van der Waals surface area contributed by atoms with E-state index in [0.29, 0.717) is 0 Å². The molecular formula is C13H23N5O. The SMILES string of the molecule is CC(=O)N1CCN(C(c2cnn(C)c2)C(C)N)CC1. The van der Waals surface area contributed by atoms with E-state index in [1.54, 1.807) is 11.6 Å². The summed E-state index contributed by atoms with van der Waals surface area (Å²) in [5, 5.41) is 4.23. The van der Waals surface area contributed by atoms with Gasteiger partial charge in [-0.15, -0.1) is 0 Å². The molecule has 0 spiro atoms. The summed E-state index contributed by atoms with van der Waals surface area (Å²) in [7, 11) is 1.91. The lowest BCUT2D eigenvalue weighted by Crippen LogP contribution is -2.51. The number of nitrogens with zero attached hydrogens (tertiary/aromatic N) is 4. The van der Waals surface area contributed by atoms with Gasteiger partial charge < -0.3 is 10.6 Å². The number of aryl methyl sites for hydroxylation is 1. The average molecular weight is 265 g/mol. The Morgan fingerprint density at radius 1 is 1.37 bits per heavy atom. The normalized spacial score (nSPS) is 20.3. The number of hydrogen-bond acceptors (Lipinski definition) is 4. The topological polar surface area (TPSA) is 67.4 Å². The van der Waals surface area contributed by atoms with Crippen LogP contribution in [-0.2, 0) is 11.8 Å². The van der Waals surface area contributed by atoms with Crippen LogP contribution in [0.5, 0.6) is 0 Å². The summed E-state index contributed by atoms with van der Waals surface area (Å²) in [5.41, 5.74) is 7.29. The van der Waals surface area contributed by atoms with Crippen LogP contribution in [0.25, 0.3) is 0 Å². The number of piperazine rings is 1. The van der Waals surface area contributed by atoms with Crippen molar-refractivity contribution in [2.24, 2.45) is 12.8 Å². The maximum absolute atomic E-state index is 11.4. The van der Waals surface area contributed by atoms with Crippen molar-refractivity contribution in [2.45, 2.75) is 25.9 Å². The summed E-state index contributed by atoms with van der Waals surface area (Å²) in [5.74, 6) is 0.151. The number of rotatable bonds is 3. The summed E-state index contributed by atoms with van der Waals surface area (Å²) in [6, 6.07) is 0.205. The van der Waals surface area contributed by atoms with Gasteiger partial charge in [0.05, 0.1) is 12.2 Å². The van der Waals surface area contributed by atoms with Crippen molar-refractivity contribution in [3.05, 3.63) is 18.0 Å². The molecule has 1 aromatic rings. The van der Waals surface area contributed by atoms with E-state index in [9.17, 15) is 4.79 Å². The van der Waals surface area contributed by atoms with Crippen molar-refractivity contribution >= 4 is 5.91 Å². The van der Waals surface area contributed by atoms with E-state index >= 15 is 0 Å². The van der Waals surface area contributed by atoms with Crippen LogP contribution >= 0.6 is 0 Å². The molecule has 2 rings (SSSR count). The summed E-state index contributed by atoms with van der Waals surface area (Å²) in [6.07, 6.45) is 3.90. The van der Waals surface area contributed by atoms with Gasteiger partial charge >= 0.3 is 0 Å². The Labute approximate surface area is 114 Å². The molecule has 0 aliphatic carbocycles. The van der Waals surface area contributed by atoms with E-state index in [1.165, 1.54) is 0 Å². The van der Waals surface area contributed by atoms with Gasteiger partial charge in [-0.05, 0) is 6.92 Å². The third kappa shape index (κ3) is 3.13. The lowest BCUT2D eigenvalue weighted by molar-refractivity contribution is -0.130.